The zero-order chi connectivity index (χ0) is 15.5. The summed E-state index contributed by atoms with van der Waals surface area (Å²) in [6.45, 7) is 2.88. The Bertz CT molecular complexity index is 597. The second kappa shape index (κ2) is 6.85. The molecule has 0 amide bonds. The van der Waals surface area contributed by atoms with Gasteiger partial charge in [-0.05, 0) is 19.3 Å². The van der Waals surface area contributed by atoms with Crippen LogP contribution in [-0.4, -0.2) is 43.0 Å². The van der Waals surface area contributed by atoms with E-state index in [0.29, 0.717) is 19.4 Å². The summed E-state index contributed by atoms with van der Waals surface area (Å²) < 4.78 is 29.7. The molecule has 118 valence electrons. The molecule has 2 rings (SSSR count). The van der Waals surface area contributed by atoms with Crippen LogP contribution in [0.15, 0.2) is 5.38 Å². The summed E-state index contributed by atoms with van der Waals surface area (Å²) in [7, 11) is -3.24. The van der Waals surface area contributed by atoms with Crippen molar-refractivity contribution in [3.8, 4) is 0 Å². The third-order valence-corrected chi connectivity index (χ3v) is 5.76. The lowest BCUT2D eigenvalue weighted by Gasteiger charge is -2.29. The quantitative estimate of drug-likeness (QED) is 0.762. The molecule has 6 nitrogen and oxygen atoms in total. The minimum atomic E-state index is -3.24. The van der Waals surface area contributed by atoms with Crippen LogP contribution in [0.1, 0.15) is 30.5 Å². The number of hydrogen-bond acceptors (Lipinski definition) is 6. The fourth-order valence-electron chi connectivity index (χ4n) is 2.28. The van der Waals surface area contributed by atoms with Gasteiger partial charge in [0.05, 0.1) is 22.9 Å². The van der Waals surface area contributed by atoms with E-state index in [4.69, 9.17) is 4.74 Å². The van der Waals surface area contributed by atoms with E-state index in [2.05, 4.69) is 4.98 Å². The van der Waals surface area contributed by atoms with Crippen LogP contribution in [0.4, 0.5) is 0 Å². The number of aromatic nitrogens is 1. The van der Waals surface area contributed by atoms with Gasteiger partial charge < -0.3 is 4.74 Å². The Morgan fingerprint density at radius 1 is 1.57 bits per heavy atom. The molecule has 0 aliphatic carbocycles. The van der Waals surface area contributed by atoms with Gasteiger partial charge in [-0.2, -0.15) is 0 Å². The maximum Gasteiger partial charge on any atom is 0.310 e. The maximum atomic E-state index is 12.1. The second-order valence-corrected chi connectivity index (χ2v) is 8.08. The van der Waals surface area contributed by atoms with E-state index < -0.39 is 10.0 Å². The molecule has 0 radical (unpaired) electrons. The Hall–Kier alpha value is -0.990. The van der Waals surface area contributed by atoms with E-state index in [-0.39, 0.29) is 25.0 Å². The van der Waals surface area contributed by atoms with Crippen LogP contribution in [0.3, 0.4) is 0 Å². The zero-order valence-electron chi connectivity index (χ0n) is 12.2. The number of carbonyl (C=O) groups excluding carboxylic acids is 1. The van der Waals surface area contributed by atoms with Crippen LogP contribution >= 0.6 is 11.3 Å². The van der Waals surface area contributed by atoms with Gasteiger partial charge in [0.15, 0.2) is 0 Å². The van der Waals surface area contributed by atoms with Gasteiger partial charge in [0.1, 0.15) is 6.61 Å². The number of hydrogen-bond donors (Lipinski definition) is 0. The Kier molecular flexibility index (Phi) is 5.34. The van der Waals surface area contributed by atoms with Gasteiger partial charge in [-0.3, -0.25) is 4.79 Å². The lowest BCUT2D eigenvalue weighted by atomic mass is 10.00. The molecule has 2 heterocycles. The number of rotatable bonds is 5. The predicted octanol–water partition coefficient (Wildman–Crippen LogP) is 1.42. The molecule has 1 aromatic heterocycles. The van der Waals surface area contributed by atoms with Crippen molar-refractivity contribution in [3.63, 3.8) is 0 Å². The summed E-state index contributed by atoms with van der Waals surface area (Å²) in [6, 6.07) is 0. The zero-order valence-corrected chi connectivity index (χ0v) is 13.9. The van der Waals surface area contributed by atoms with Crippen LogP contribution in [0.5, 0.6) is 0 Å². The smallest absolute Gasteiger partial charge is 0.310 e. The van der Waals surface area contributed by atoms with E-state index in [1.165, 1.54) is 10.6 Å². The molecule has 0 saturated carbocycles. The fourth-order valence-corrected chi connectivity index (χ4v) is 3.92. The second-order valence-electron chi connectivity index (χ2n) is 5.15. The van der Waals surface area contributed by atoms with Gasteiger partial charge in [0, 0.05) is 18.5 Å². The largest absolute Gasteiger partial charge is 0.459 e. The van der Waals surface area contributed by atoms with E-state index in [1.54, 1.807) is 11.3 Å². The van der Waals surface area contributed by atoms with Gasteiger partial charge in [0.2, 0.25) is 10.0 Å². The first-order valence-electron chi connectivity index (χ1n) is 6.95. The molecule has 0 aromatic carbocycles. The van der Waals surface area contributed by atoms with Crippen LogP contribution in [0.2, 0.25) is 0 Å². The summed E-state index contributed by atoms with van der Waals surface area (Å²) in [5.41, 5.74) is 0.751. The molecule has 1 fully saturated rings. The first-order valence-corrected chi connectivity index (χ1v) is 9.68. The number of carbonyl (C=O) groups is 1. The predicted molar refractivity (Wildman–Crippen MR) is 80.4 cm³/mol. The molecule has 1 aliphatic rings. The number of esters is 1. The highest BCUT2D eigenvalue weighted by Gasteiger charge is 2.31. The molecule has 1 aromatic rings. The molecule has 1 unspecified atom stereocenters. The normalized spacial score (nSPS) is 20.4. The van der Waals surface area contributed by atoms with Crippen molar-refractivity contribution in [2.75, 3.05) is 19.3 Å². The van der Waals surface area contributed by atoms with Crippen molar-refractivity contribution in [1.29, 1.82) is 0 Å². The van der Waals surface area contributed by atoms with E-state index in [0.717, 1.165) is 17.1 Å². The Morgan fingerprint density at radius 2 is 2.33 bits per heavy atom. The first kappa shape index (κ1) is 16.4. The molecule has 21 heavy (non-hydrogen) atoms. The molecule has 8 heteroatoms. The molecule has 0 spiro atoms. The highest BCUT2D eigenvalue weighted by atomic mass is 32.2. The lowest BCUT2D eigenvalue weighted by molar-refractivity contribution is -0.151. The van der Waals surface area contributed by atoms with Crippen LogP contribution in [-0.2, 0) is 32.6 Å². The number of piperidine rings is 1. The summed E-state index contributed by atoms with van der Waals surface area (Å²) in [5.74, 6) is -0.716. The third-order valence-electron chi connectivity index (χ3n) is 3.45. The van der Waals surface area contributed by atoms with Crippen molar-refractivity contribution >= 4 is 27.3 Å². The molecule has 0 N–H and O–H groups in total. The average molecular weight is 332 g/mol. The molecule has 1 saturated heterocycles. The highest BCUT2D eigenvalue weighted by Crippen LogP contribution is 2.20. The van der Waals surface area contributed by atoms with E-state index in [1.807, 2.05) is 12.3 Å². The number of ether oxygens (including phenoxy) is 1. The van der Waals surface area contributed by atoms with Crippen molar-refractivity contribution in [2.45, 2.75) is 32.8 Å². The standard InChI is InChI=1S/C13H20N2O4S2/c1-3-12-14-11(9-20-12)8-19-13(16)10-5-4-6-15(7-10)21(2,17)18/h9-10H,3-8H2,1-2H3. The van der Waals surface area contributed by atoms with E-state index in [9.17, 15) is 13.2 Å². The molecule has 1 aliphatic heterocycles. The molecular weight excluding hydrogens is 312 g/mol. The van der Waals surface area contributed by atoms with Crippen LogP contribution in [0.25, 0.3) is 0 Å². The van der Waals surface area contributed by atoms with Crippen molar-refractivity contribution in [3.05, 3.63) is 16.1 Å². The van der Waals surface area contributed by atoms with Crippen molar-refractivity contribution < 1.29 is 17.9 Å². The number of thiazole rings is 1. The van der Waals surface area contributed by atoms with Crippen LogP contribution < -0.4 is 0 Å². The van der Waals surface area contributed by atoms with Gasteiger partial charge in [-0.25, -0.2) is 17.7 Å². The lowest BCUT2D eigenvalue weighted by Crippen LogP contribution is -2.42. The fraction of sp³-hybridized carbons (Fsp3) is 0.692. The van der Waals surface area contributed by atoms with E-state index >= 15 is 0 Å². The molecular formula is C13H20N2O4S2. The summed E-state index contributed by atoms with van der Waals surface area (Å²) in [5, 5.41) is 2.90. The molecule has 1 atom stereocenters. The van der Waals surface area contributed by atoms with Crippen LogP contribution in [0, 0.1) is 5.92 Å². The van der Waals surface area contributed by atoms with Gasteiger partial charge >= 0.3 is 5.97 Å². The maximum absolute atomic E-state index is 12.1. The number of sulfonamides is 1. The minimum absolute atomic E-state index is 0.157. The van der Waals surface area contributed by atoms with Gasteiger partial charge in [-0.1, -0.05) is 6.92 Å². The Morgan fingerprint density at radius 3 is 2.95 bits per heavy atom. The number of nitrogens with zero attached hydrogens (tertiary/aromatic N) is 2. The van der Waals surface area contributed by atoms with Gasteiger partial charge in [0.25, 0.3) is 0 Å². The monoisotopic (exact) mass is 332 g/mol. The average Bonchev–Trinajstić information content (AvgIpc) is 2.92. The summed E-state index contributed by atoms with van der Waals surface area (Å²) in [6.07, 6.45) is 3.39. The van der Waals surface area contributed by atoms with Gasteiger partial charge in [-0.15, -0.1) is 11.3 Å². The third kappa shape index (κ3) is 4.49. The minimum Gasteiger partial charge on any atom is -0.459 e. The summed E-state index contributed by atoms with van der Waals surface area (Å²) in [4.78, 5) is 16.4. The first-order chi connectivity index (χ1) is 9.90. The topological polar surface area (TPSA) is 76.6 Å². The van der Waals surface area contributed by atoms with Crippen molar-refractivity contribution in [2.24, 2.45) is 5.92 Å². The Balaban J connectivity index is 1.88. The SMILES string of the molecule is CCc1nc(COC(=O)C2CCCN(S(C)(=O)=O)C2)cs1. The Labute approximate surface area is 129 Å². The van der Waals surface area contributed by atoms with Crippen molar-refractivity contribution in [1.82, 2.24) is 9.29 Å². The molecule has 0 bridgehead atoms. The number of aryl methyl sites for hydroxylation is 1. The summed E-state index contributed by atoms with van der Waals surface area (Å²) >= 11 is 1.55. The highest BCUT2D eigenvalue weighted by molar-refractivity contribution is 7.88.